The Morgan fingerprint density at radius 2 is 1.65 bits per heavy atom. The number of nitrogens with zero attached hydrogens (tertiary/aromatic N) is 1. The van der Waals surface area contributed by atoms with Gasteiger partial charge in [0, 0.05) is 0 Å². The van der Waals surface area contributed by atoms with E-state index in [2.05, 4.69) is 0 Å². The average molecular weight is 329 g/mol. The summed E-state index contributed by atoms with van der Waals surface area (Å²) >= 11 is 0. The maximum absolute atomic E-state index is 13.0. The van der Waals surface area contributed by atoms with Crippen molar-refractivity contribution in [3.63, 3.8) is 0 Å². The molecule has 1 heterocycles. The zero-order valence-electron chi connectivity index (χ0n) is 12.8. The summed E-state index contributed by atoms with van der Waals surface area (Å²) in [5.74, 6) is -0.547. The molecule has 0 saturated carbocycles. The monoisotopic (exact) mass is 329 g/mol. The molecule has 2 aromatic rings. The zero-order chi connectivity index (χ0) is 16.6. The molecule has 0 radical (unpaired) electrons. The minimum atomic E-state index is -3.85. The lowest BCUT2D eigenvalue weighted by molar-refractivity contribution is -0.134. The van der Waals surface area contributed by atoms with Crippen molar-refractivity contribution in [3.8, 4) is 0 Å². The Bertz CT molecular complexity index is 821. The van der Waals surface area contributed by atoms with E-state index in [0.717, 1.165) is 9.78 Å². The molecule has 1 atom stereocenters. The van der Waals surface area contributed by atoms with Gasteiger partial charge in [-0.25, -0.2) is 8.42 Å². The summed E-state index contributed by atoms with van der Waals surface area (Å²) in [6.45, 7) is 3.42. The molecule has 0 aliphatic carbocycles. The smallest absolute Gasteiger partial charge is 0.502 e. The summed E-state index contributed by atoms with van der Waals surface area (Å²) in [4.78, 5) is 12.1. The molecule has 0 unspecified atom stereocenters. The molecule has 0 aromatic heterocycles. The van der Waals surface area contributed by atoms with Crippen LogP contribution in [-0.4, -0.2) is 31.7 Å². The average Bonchev–Trinajstić information content (AvgIpc) is 2.85. The highest BCUT2D eigenvalue weighted by molar-refractivity contribution is 7.90. The van der Waals surface area contributed by atoms with E-state index < -0.39 is 29.1 Å². The summed E-state index contributed by atoms with van der Waals surface area (Å²) < 4.78 is 32.4. The highest BCUT2D eigenvalue weighted by Gasteiger charge is 2.51. The Labute approximate surface area is 136 Å². The molecule has 23 heavy (non-hydrogen) atoms. The van der Waals surface area contributed by atoms with Crippen LogP contribution >= 0.6 is 0 Å². The van der Waals surface area contributed by atoms with Gasteiger partial charge in [0.05, 0.1) is 4.90 Å². The van der Waals surface area contributed by atoms with Crippen LogP contribution in [0.25, 0.3) is 0 Å². The summed E-state index contributed by atoms with van der Waals surface area (Å²) in [6.07, 6.45) is 0. The van der Waals surface area contributed by atoms with E-state index in [1.165, 1.54) is 6.92 Å². The van der Waals surface area contributed by atoms with Crippen molar-refractivity contribution in [2.24, 2.45) is 0 Å². The maximum Gasteiger partial charge on any atom is 0.502 e. The maximum atomic E-state index is 13.0. The first-order valence-electron chi connectivity index (χ1n) is 7.27. The minimum absolute atomic E-state index is 0.147. The molecular formula is C16H16BNO4S. The van der Waals surface area contributed by atoms with E-state index in [-0.39, 0.29) is 4.90 Å². The Kier molecular flexibility index (Phi) is 4.00. The molecular weight excluding hydrogens is 313 g/mol. The summed E-state index contributed by atoms with van der Waals surface area (Å²) in [6, 6.07) is 14.5. The van der Waals surface area contributed by atoms with Crippen LogP contribution in [0.1, 0.15) is 12.5 Å². The molecule has 0 spiro atoms. The second kappa shape index (κ2) is 5.83. The first-order valence-corrected chi connectivity index (χ1v) is 8.71. The van der Waals surface area contributed by atoms with Crippen molar-refractivity contribution < 1.29 is 17.9 Å². The van der Waals surface area contributed by atoms with Gasteiger partial charge in [-0.3, -0.25) is 4.79 Å². The summed E-state index contributed by atoms with van der Waals surface area (Å²) in [5.41, 5.74) is 1.59. The van der Waals surface area contributed by atoms with Gasteiger partial charge in [-0.05, 0) is 31.4 Å². The number of rotatable bonds is 3. The number of hydrogen-bond donors (Lipinski definition) is 0. The predicted molar refractivity (Wildman–Crippen MR) is 87.6 cm³/mol. The standard InChI is InChI=1S/C16H16BNO4S/c1-12-8-10-15(11-9-12)23(20,21)18-13(2)16(19)22-17(18)14-6-4-3-5-7-14/h3-11,13H,1-2H3/t13-/m0/s1. The number of benzene rings is 2. The molecule has 0 N–H and O–H groups in total. The lowest BCUT2D eigenvalue weighted by atomic mass is 9.74. The Hall–Kier alpha value is -2.12. The van der Waals surface area contributed by atoms with Gasteiger partial charge in [-0.2, -0.15) is 4.22 Å². The van der Waals surface area contributed by atoms with Crippen LogP contribution in [0, 0.1) is 6.92 Å². The lowest BCUT2D eigenvalue weighted by Crippen LogP contribution is -2.50. The highest BCUT2D eigenvalue weighted by Crippen LogP contribution is 2.25. The van der Waals surface area contributed by atoms with Crippen LogP contribution in [0.3, 0.4) is 0 Å². The van der Waals surface area contributed by atoms with E-state index in [1.54, 1.807) is 48.5 Å². The van der Waals surface area contributed by atoms with Gasteiger partial charge in [0.2, 0.25) is 10.0 Å². The van der Waals surface area contributed by atoms with Crippen LogP contribution < -0.4 is 5.46 Å². The molecule has 3 rings (SSSR count). The van der Waals surface area contributed by atoms with Gasteiger partial charge in [0.25, 0.3) is 0 Å². The normalized spacial score (nSPS) is 19.0. The fourth-order valence-corrected chi connectivity index (χ4v) is 4.21. The molecule has 0 amide bonds. The first kappa shape index (κ1) is 15.8. The number of carbonyl (C=O) groups is 1. The van der Waals surface area contributed by atoms with Gasteiger partial charge in [-0.1, -0.05) is 48.0 Å². The third-order valence-electron chi connectivity index (χ3n) is 3.86. The third kappa shape index (κ3) is 2.77. The lowest BCUT2D eigenvalue weighted by Gasteiger charge is -2.21. The quantitative estimate of drug-likeness (QED) is 0.797. The summed E-state index contributed by atoms with van der Waals surface area (Å²) in [7, 11) is -4.79. The predicted octanol–water partition coefficient (Wildman–Crippen LogP) is 1.33. The number of hydrogen-bond acceptors (Lipinski definition) is 4. The van der Waals surface area contributed by atoms with Crippen LogP contribution in [0.5, 0.6) is 0 Å². The van der Waals surface area contributed by atoms with Crippen molar-refractivity contribution in [1.82, 2.24) is 4.22 Å². The van der Waals surface area contributed by atoms with Crippen molar-refractivity contribution >= 4 is 28.5 Å². The fraction of sp³-hybridized carbons (Fsp3) is 0.188. The Morgan fingerprint density at radius 3 is 2.26 bits per heavy atom. The number of sulfonamides is 1. The Morgan fingerprint density at radius 1 is 1.04 bits per heavy atom. The molecule has 5 nitrogen and oxygen atoms in total. The van der Waals surface area contributed by atoms with Crippen LogP contribution in [0.2, 0.25) is 0 Å². The van der Waals surface area contributed by atoms with Crippen LogP contribution in [0.15, 0.2) is 59.5 Å². The number of carbonyl (C=O) groups excluding carboxylic acids is 1. The van der Waals surface area contributed by atoms with E-state index in [0.29, 0.717) is 5.46 Å². The molecule has 2 aromatic carbocycles. The first-order chi connectivity index (χ1) is 10.9. The van der Waals surface area contributed by atoms with Gasteiger partial charge in [0.1, 0.15) is 6.04 Å². The molecule has 0 bridgehead atoms. The van der Waals surface area contributed by atoms with Crippen molar-refractivity contribution in [3.05, 3.63) is 60.2 Å². The fourth-order valence-electron chi connectivity index (χ4n) is 2.57. The summed E-state index contributed by atoms with van der Waals surface area (Å²) in [5, 5.41) is 0. The number of aryl methyl sites for hydroxylation is 1. The second-order valence-corrected chi connectivity index (χ2v) is 7.37. The van der Waals surface area contributed by atoms with Crippen LogP contribution in [0.4, 0.5) is 0 Å². The molecule has 1 fully saturated rings. The molecule has 1 aliphatic rings. The van der Waals surface area contributed by atoms with Crippen molar-refractivity contribution in [1.29, 1.82) is 0 Å². The van der Waals surface area contributed by atoms with Crippen molar-refractivity contribution in [2.45, 2.75) is 24.8 Å². The SMILES string of the molecule is Cc1ccc(S(=O)(=O)N2B(c3ccccc3)OC(=O)[C@@H]2C)cc1. The highest BCUT2D eigenvalue weighted by atomic mass is 32.2. The molecule has 1 aliphatic heterocycles. The third-order valence-corrected chi connectivity index (χ3v) is 5.79. The van der Waals surface area contributed by atoms with Gasteiger partial charge < -0.3 is 4.65 Å². The second-order valence-electron chi connectivity index (χ2n) is 5.52. The molecule has 7 heteroatoms. The molecule has 118 valence electrons. The largest absolute Gasteiger partial charge is 0.514 e. The van der Waals surface area contributed by atoms with Gasteiger partial charge in [-0.15, -0.1) is 0 Å². The van der Waals surface area contributed by atoms with Gasteiger partial charge >= 0.3 is 13.0 Å². The van der Waals surface area contributed by atoms with E-state index in [1.807, 2.05) is 13.0 Å². The zero-order valence-corrected chi connectivity index (χ0v) is 13.7. The Balaban J connectivity index is 2.07. The van der Waals surface area contributed by atoms with E-state index >= 15 is 0 Å². The van der Waals surface area contributed by atoms with Crippen molar-refractivity contribution in [2.75, 3.05) is 0 Å². The van der Waals surface area contributed by atoms with E-state index in [4.69, 9.17) is 4.65 Å². The van der Waals surface area contributed by atoms with E-state index in [9.17, 15) is 13.2 Å². The van der Waals surface area contributed by atoms with Crippen LogP contribution in [-0.2, 0) is 19.5 Å². The minimum Gasteiger partial charge on any atom is -0.514 e. The topological polar surface area (TPSA) is 63.7 Å². The van der Waals surface area contributed by atoms with Gasteiger partial charge in [0.15, 0.2) is 0 Å². The molecule has 1 saturated heterocycles.